The van der Waals surface area contributed by atoms with Crippen LogP contribution in [0.5, 0.6) is 0 Å². The Bertz CT molecular complexity index is 1130. The topological polar surface area (TPSA) is 49.9 Å². The maximum Gasteiger partial charge on any atom is 0.266 e. The normalized spacial score (nSPS) is 23.2. The predicted molar refractivity (Wildman–Crippen MR) is 115 cm³/mol. The first kappa shape index (κ1) is 18.9. The van der Waals surface area contributed by atoms with Crippen LogP contribution < -0.4 is 9.96 Å². The third kappa shape index (κ3) is 2.90. The number of rotatable bonds is 3. The number of hydrogen-bond acceptors (Lipinski definition) is 4. The van der Waals surface area contributed by atoms with E-state index in [0.29, 0.717) is 10.7 Å². The number of carbonyl (C=O) groups excluding carboxylic acids is 2. The molecule has 0 saturated carbocycles. The molecule has 6 heteroatoms. The molecule has 0 aliphatic carbocycles. The van der Waals surface area contributed by atoms with E-state index in [1.54, 1.807) is 17.2 Å². The van der Waals surface area contributed by atoms with Crippen LogP contribution in [0.4, 0.5) is 11.4 Å². The first-order valence-corrected chi connectivity index (χ1v) is 10.1. The number of hydroxylamine groups is 1. The number of para-hydroxylation sites is 2. The van der Waals surface area contributed by atoms with Gasteiger partial charge in [-0.25, -0.2) is 9.96 Å². The van der Waals surface area contributed by atoms with Gasteiger partial charge in [-0.1, -0.05) is 60.1 Å². The van der Waals surface area contributed by atoms with Crippen LogP contribution in [0.3, 0.4) is 0 Å². The van der Waals surface area contributed by atoms with E-state index in [0.717, 1.165) is 16.8 Å². The fraction of sp³-hybridized carbons (Fsp3) is 0.167. The number of nitrogens with zero attached hydrogens (tertiary/aromatic N) is 2. The summed E-state index contributed by atoms with van der Waals surface area (Å²) >= 11 is 6.25. The average Bonchev–Trinajstić information content (AvgIpc) is 3.26. The van der Waals surface area contributed by atoms with Crippen molar-refractivity contribution in [1.82, 2.24) is 0 Å². The number of anilines is 2. The highest BCUT2D eigenvalue weighted by Crippen LogP contribution is 2.48. The highest BCUT2D eigenvalue weighted by Gasteiger charge is 2.60. The van der Waals surface area contributed by atoms with E-state index in [2.05, 4.69) is 0 Å². The van der Waals surface area contributed by atoms with E-state index in [9.17, 15) is 9.59 Å². The molecule has 0 radical (unpaired) electrons. The molecule has 5 rings (SSSR count). The molecule has 30 heavy (non-hydrogen) atoms. The molecule has 2 amide bonds. The number of amides is 2. The molecular formula is C24H19ClN2O3. The van der Waals surface area contributed by atoms with Gasteiger partial charge in [0.05, 0.1) is 17.4 Å². The zero-order valence-corrected chi connectivity index (χ0v) is 17.0. The van der Waals surface area contributed by atoms with Crippen LogP contribution >= 0.6 is 11.6 Å². The fourth-order valence-electron chi connectivity index (χ4n) is 4.29. The molecule has 0 unspecified atom stereocenters. The van der Waals surface area contributed by atoms with Crippen LogP contribution in [-0.4, -0.2) is 17.9 Å². The van der Waals surface area contributed by atoms with Crippen LogP contribution in [0.1, 0.15) is 17.2 Å². The minimum atomic E-state index is -0.888. The van der Waals surface area contributed by atoms with E-state index >= 15 is 0 Å². The Morgan fingerprint density at radius 3 is 2.33 bits per heavy atom. The molecule has 0 aromatic heterocycles. The number of benzene rings is 3. The number of carbonyl (C=O) groups is 2. The molecule has 5 nitrogen and oxygen atoms in total. The van der Waals surface area contributed by atoms with Crippen LogP contribution in [0.15, 0.2) is 78.9 Å². The summed E-state index contributed by atoms with van der Waals surface area (Å²) in [7, 11) is 0. The molecule has 150 valence electrons. The molecule has 0 bridgehead atoms. The molecule has 3 aromatic rings. The Morgan fingerprint density at radius 1 is 0.867 bits per heavy atom. The van der Waals surface area contributed by atoms with Crippen molar-refractivity contribution in [3.05, 3.63) is 95.0 Å². The SMILES string of the molecule is Cc1ccccc1N1C(=O)[C@H]2[C@@H](c3cccc(Cl)c3)N(c3ccccc3)O[C@H]2C1=O. The lowest BCUT2D eigenvalue weighted by atomic mass is 9.90. The van der Waals surface area contributed by atoms with E-state index < -0.39 is 18.1 Å². The fourth-order valence-corrected chi connectivity index (χ4v) is 4.49. The van der Waals surface area contributed by atoms with Gasteiger partial charge in [-0.2, -0.15) is 0 Å². The van der Waals surface area contributed by atoms with Crippen molar-refractivity contribution in [2.45, 2.75) is 19.1 Å². The van der Waals surface area contributed by atoms with Gasteiger partial charge in [-0.15, -0.1) is 0 Å². The third-order valence-corrected chi connectivity index (χ3v) is 5.91. The van der Waals surface area contributed by atoms with Gasteiger partial charge >= 0.3 is 0 Å². The van der Waals surface area contributed by atoms with Gasteiger partial charge in [0, 0.05) is 5.02 Å². The van der Waals surface area contributed by atoms with E-state index in [-0.39, 0.29) is 11.8 Å². The lowest BCUT2D eigenvalue weighted by Gasteiger charge is -2.29. The van der Waals surface area contributed by atoms with Crippen molar-refractivity contribution in [1.29, 1.82) is 0 Å². The van der Waals surface area contributed by atoms with Crippen LogP contribution in [-0.2, 0) is 14.4 Å². The second-order valence-corrected chi connectivity index (χ2v) is 7.95. The van der Waals surface area contributed by atoms with Gasteiger partial charge in [0.15, 0.2) is 6.10 Å². The number of imide groups is 1. The molecule has 3 atom stereocenters. The zero-order chi connectivity index (χ0) is 20.8. The summed E-state index contributed by atoms with van der Waals surface area (Å²) in [6, 6.07) is 23.7. The maximum atomic E-state index is 13.6. The quantitative estimate of drug-likeness (QED) is 0.578. The molecule has 0 spiro atoms. The summed E-state index contributed by atoms with van der Waals surface area (Å²) < 4.78 is 0. The number of fused-ring (bicyclic) bond motifs is 1. The Balaban J connectivity index is 1.61. The van der Waals surface area contributed by atoms with Gasteiger partial charge in [0.1, 0.15) is 5.92 Å². The summed E-state index contributed by atoms with van der Waals surface area (Å²) in [6.07, 6.45) is -0.888. The Kier molecular flexibility index (Phi) is 4.57. The number of halogens is 1. The monoisotopic (exact) mass is 418 g/mol. The van der Waals surface area contributed by atoms with E-state index in [1.165, 1.54) is 4.90 Å². The van der Waals surface area contributed by atoms with Crippen LogP contribution in [0.25, 0.3) is 0 Å². The second-order valence-electron chi connectivity index (χ2n) is 7.51. The molecule has 3 aromatic carbocycles. The Morgan fingerprint density at radius 2 is 1.60 bits per heavy atom. The summed E-state index contributed by atoms with van der Waals surface area (Å²) in [6.45, 7) is 1.88. The van der Waals surface area contributed by atoms with Crippen LogP contribution in [0, 0.1) is 12.8 Å². The summed E-state index contributed by atoms with van der Waals surface area (Å²) in [4.78, 5) is 34.3. The highest BCUT2D eigenvalue weighted by atomic mass is 35.5. The average molecular weight is 419 g/mol. The summed E-state index contributed by atoms with van der Waals surface area (Å²) in [5.74, 6) is -1.27. The molecule has 2 aliphatic heterocycles. The van der Waals surface area contributed by atoms with Crippen LogP contribution in [0.2, 0.25) is 5.02 Å². The van der Waals surface area contributed by atoms with Gasteiger partial charge in [-0.05, 0) is 48.4 Å². The maximum absolute atomic E-state index is 13.6. The van der Waals surface area contributed by atoms with Gasteiger partial charge in [0.2, 0.25) is 5.91 Å². The lowest BCUT2D eigenvalue weighted by molar-refractivity contribution is -0.126. The van der Waals surface area contributed by atoms with Gasteiger partial charge in [-0.3, -0.25) is 14.4 Å². The Hall–Kier alpha value is -3.15. The Labute approximate surface area is 179 Å². The minimum Gasteiger partial charge on any atom is -0.273 e. The molecule has 2 saturated heterocycles. The smallest absolute Gasteiger partial charge is 0.266 e. The number of aryl methyl sites for hydroxylation is 1. The van der Waals surface area contributed by atoms with E-state index in [1.807, 2.05) is 73.7 Å². The molecule has 0 N–H and O–H groups in total. The minimum absolute atomic E-state index is 0.261. The van der Waals surface area contributed by atoms with Crippen molar-refractivity contribution < 1.29 is 14.4 Å². The largest absolute Gasteiger partial charge is 0.273 e. The van der Waals surface area contributed by atoms with Gasteiger partial charge < -0.3 is 0 Å². The molecule has 2 aliphatic rings. The van der Waals surface area contributed by atoms with Gasteiger partial charge in [0.25, 0.3) is 5.91 Å². The number of hydrogen-bond donors (Lipinski definition) is 0. The lowest BCUT2D eigenvalue weighted by Crippen LogP contribution is -2.37. The van der Waals surface area contributed by atoms with Crippen molar-refractivity contribution in [3.8, 4) is 0 Å². The van der Waals surface area contributed by atoms with Crippen molar-refractivity contribution in [2.24, 2.45) is 5.92 Å². The molecule has 2 fully saturated rings. The van der Waals surface area contributed by atoms with Crippen molar-refractivity contribution >= 4 is 34.8 Å². The van der Waals surface area contributed by atoms with Crippen molar-refractivity contribution in [2.75, 3.05) is 9.96 Å². The highest BCUT2D eigenvalue weighted by molar-refractivity contribution is 6.30. The second kappa shape index (κ2) is 7.27. The molecule has 2 heterocycles. The summed E-state index contributed by atoms with van der Waals surface area (Å²) in [5.41, 5.74) is 3.06. The first-order valence-electron chi connectivity index (χ1n) is 9.76. The standard InChI is InChI=1S/C24H19ClN2O3/c1-15-8-5-6-13-19(15)26-23(28)20-21(16-9-7-10-17(25)14-16)27(30-22(20)24(26)29)18-11-3-2-4-12-18/h2-14,20-22H,1H3/t20-,21+,22+/m0/s1. The van der Waals surface area contributed by atoms with E-state index in [4.69, 9.17) is 16.4 Å². The third-order valence-electron chi connectivity index (χ3n) is 5.67. The molecular weight excluding hydrogens is 400 g/mol. The zero-order valence-electron chi connectivity index (χ0n) is 16.2. The first-order chi connectivity index (χ1) is 14.6. The van der Waals surface area contributed by atoms with Crippen molar-refractivity contribution in [3.63, 3.8) is 0 Å². The summed E-state index contributed by atoms with van der Waals surface area (Å²) in [5, 5.41) is 2.24. The predicted octanol–water partition coefficient (Wildman–Crippen LogP) is 4.70.